The predicted octanol–water partition coefficient (Wildman–Crippen LogP) is 0.468. The third-order valence-corrected chi connectivity index (χ3v) is 4.64. The molecule has 2 fully saturated rings. The number of hydrogen-bond acceptors (Lipinski definition) is 3. The van der Waals surface area contributed by atoms with Crippen molar-refractivity contribution in [3.05, 3.63) is 34.7 Å². The number of aryl methyl sites for hydroxylation is 1. The van der Waals surface area contributed by atoms with E-state index in [4.69, 9.17) is 0 Å². The second-order valence-corrected chi connectivity index (χ2v) is 5.85. The number of hydrogen-bond donors (Lipinski definition) is 1. The Labute approximate surface area is 117 Å². The van der Waals surface area contributed by atoms with Crippen molar-refractivity contribution in [2.45, 2.75) is 31.9 Å². The average molecular weight is 276 g/mol. The van der Waals surface area contributed by atoms with E-state index in [2.05, 4.69) is 0 Å². The van der Waals surface area contributed by atoms with Gasteiger partial charge >= 0.3 is 0 Å². The van der Waals surface area contributed by atoms with Crippen molar-refractivity contribution in [1.82, 2.24) is 9.47 Å². The van der Waals surface area contributed by atoms with Crippen LogP contribution in [-0.2, 0) is 11.3 Å². The lowest BCUT2D eigenvalue weighted by Crippen LogP contribution is -2.32. The van der Waals surface area contributed by atoms with Crippen LogP contribution in [0.2, 0.25) is 0 Å². The third kappa shape index (κ3) is 2.50. The van der Waals surface area contributed by atoms with Gasteiger partial charge in [-0.05, 0) is 24.8 Å². The van der Waals surface area contributed by atoms with Crippen LogP contribution in [0.15, 0.2) is 29.2 Å². The Bertz CT molecular complexity index is 554. The van der Waals surface area contributed by atoms with E-state index in [0.717, 1.165) is 19.4 Å². The van der Waals surface area contributed by atoms with Crippen molar-refractivity contribution < 1.29 is 9.90 Å². The van der Waals surface area contributed by atoms with Crippen molar-refractivity contribution in [3.63, 3.8) is 0 Å². The van der Waals surface area contributed by atoms with Crippen molar-refractivity contribution >= 4 is 5.91 Å². The molecule has 3 atom stereocenters. The van der Waals surface area contributed by atoms with Gasteiger partial charge in [0.05, 0.1) is 6.10 Å². The van der Waals surface area contributed by atoms with Gasteiger partial charge in [-0.3, -0.25) is 9.59 Å². The summed E-state index contributed by atoms with van der Waals surface area (Å²) >= 11 is 0. The van der Waals surface area contributed by atoms with Gasteiger partial charge in [-0.15, -0.1) is 0 Å². The number of aromatic nitrogens is 1. The van der Waals surface area contributed by atoms with E-state index in [1.54, 1.807) is 22.9 Å². The van der Waals surface area contributed by atoms with Gasteiger partial charge < -0.3 is 14.6 Å². The second-order valence-electron chi connectivity index (χ2n) is 5.85. The van der Waals surface area contributed by atoms with E-state index < -0.39 is 0 Å². The molecule has 0 aromatic carbocycles. The Kier molecular flexibility index (Phi) is 3.61. The molecule has 0 bridgehead atoms. The number of pyridine rings is 1. The van der Waals surface area contributed by atoms with Crippen LogP contribution in [0.25, 0.3) is 0 Å². The van der Waals surface area contributed by atoms with Crippen molar-refractivity contribution in [2.75, 3.05) is 13.1 Å². The number of likely N-dealkylation sites (tertiary alicyclic amines) is 1. The largest absolute Gasteiger partial charge is 0.393 e. The average Bonchev–Trinajstić information content (AvgIpc) is 3.00. The maximum Gasteiger partial charge on any atom is 0.250 e. The van der Waals surface area contributed by atoms with E-state index >= 15 is 0 Å². The van der Waals surface area contributed by atoms with Crippen molar-refractivity contribution in [3.8, 4) is 0 Å². The molecule has 5 heteroatoms. The van der Waals surface area contributed by atoms with Gasteiger partial charge in [0.1, 0.15) is 0 Å². The fourth-order valence-electron chi connectivity index (χ4n) is 3.46. The van der Waals surface area contributed by atoms with E-state index in [1.165, 1.54) is 6.07 Å². The highest BCUT2D eigenvalue weighted by Crippen LogP contribution is 2.38. The predicted molar refractivity (Wildman–Crippen MR) is 74.1 cm³/mol. The lowest BCUT2D eigenvalue weighted by molar-refractivity contribution is -0.130. The lowest BCUT2D eigenvalue weighted by atomic mass is 10.00. The number of rotatable bonds is 3. The Balaban J connectivity index is 1.56. The van der Waals surface area contributed by atoms with Crippen molar-refractivity contribution in [1.29, 1.82) is 0 Å². The molecule has 0 spiro atoms. The highest BCUT2D eigenvalue weighted by Gasteiger charge is 2.42. The first kappa shape index (κ1) is 13.4. The molecular weight excluding hydrogens is 256 g/mol. The molecular formula is C15H20N2O3. The Hall–Kier alpha value is -1.62. The minimum atomic E-state index is -0.241. The number of fused-ring (bicyclic) bond motifs is 1. The summed E-state index contributed by atoms with van der Waals surface area (Å²) in [4.78, 5) is 25.6. The maximum absolute atomic E-state index is 12.2. The quantitative estimate of drug-likeness (QED) is 0.873. The van der Waals surface area contributed by atoms with Crippen LogP contribution in [0.3, 0.4) is 0 Å². The number of amides is 1. The molecule has 1 aromatic rings. The van der Waals surface area contributed by atoms with Gasteiger partial charge in [-0.1, -0.05) is 6.07 Å². The summed E-state index contributed by atoms with van der Waals surface area (Å²) in [5.41, 5.74) is -0.0750. The number of nitrogens with zero attached hydrogens (tertiary/aromatic N) is 2. The summed E-state index contributed by atoms with van der Waals surface area (Å²) in [6.07, 6.45) is 3.71. The molecule has 108 valence electrons. The minimum Gasteiger partial charge on any atom is -0.393 e. The molecule has 1 aromatic heterocycles. The van der Waals surface area contributed by atoms with Gasteiger partial charge in [0.25, 0.3) is 5.56 Å². The van der Waals surface area contributed by atoms with E-state index in [-0.39, 0.29) is 23.5 Å². The molecule has 1 saturated carbocycles. The molecule has 1 aliphatic heterocycles. The molecule has 3 rings (SSSR count). The molecule has 1 aliphatic carbocycles. The molecule has 1 saturated heterocycles. The third-order valence-electron chi connectivity index (χ3n) is 4.64. The fraction of sp³-hybridized carbons (Fsp3) is 0.600. The topological polar surface area (TPSA) is 62.5 Å². The minimum absolute atomic E-state index is 0.0750. The first-order valence-corrected chi connectivity index (χ1v) is 7.26. The first-order chi connectivity index (χ1) is 9.65. The van der Waals surface area contributed by atoms with Gasteiger partial charge in [0, 0.05) is 44.2 Å². The number of carbonyl (C=O) groups is 1. The number of carbonyl (C=O) groups excluding carboxylic acids is 1. The monoisotopic (exact) mass is 276 g/mol. The highest BCUT2D eigenvalue weighted by molar-refractivity contribution is 5.76. The molecule has 20 heavy (non-hydrogen) atoms. The summed E-state index contributed by atoms with van der Waals surface area (Å²) in [6.45, 7) is 1.87. The zero-order chi connectivity index (χ0) is 14.1. The normalized spacial score (nSPS) is 28.6. The van der Waals surface area contributed by atoms with Crippen LogP contribution in [0.5, 0.6) is 0 Å². The maximum atomic E-state index is 12.2. The Morgan fingerprint density at radius 3 is 2.90 bits per heavy atom. The molecule has 0 radical (unpaired) electrons. The van der Waals surface area contributed by atoms with Crippen LogP contribution in [0.1, 0.15) is 19.3 Å². The fourth-order valence-corrected chi connectivity index (χ4v) is 3.46. The highest BCUT2D eigenvalue weighted by atomic mass is 16.3. The summed E-state index contributed by atoms with van der Waals surface area (Å²) in [5, 5.41) is 9.86. The summed E-state index contributed by atoms with van der Waals surface area (Å²) in [5.74, 6) is 0.814. The Morgan fingerprint density at radius 1 is 1.30 bits per heavy atom. The zero-order valence-corrected chi connectivity index (χ0v) is 11.4. The van der Waals surface area contributed by atoms with Crippen LogP contribution in [0, 0.1) is 11.8 Å². The zero-order valence-electron chi connectivity index (χ0n) is 11.4. The van der Waals surface area contributed by atoms with Crippen LogP contribution < -0.4 is 5.56 Å². The van der Waals surface area contributed by atoms with E-state index in [1.807, 2.05) is 4.90 Å². The summed E-state index contributed by atoms with van der Waals surface area (Å²) < 4.78 is 1.56. The lowest BCUT2D eigenvalue weighted by Gasteiger charge is -2.18. The van der Waals surface area contributed by atoms with Gasteiger partial charge in [0.2, 0.25) is 5.91 Å². The molecule has 5 nitrogen and oxygen atoms in total. The van der Waals surface area contributed by atoms with Gasteiger partial charge in [-0.2, -0.15) is 0 Å². The summed E-state index contributed by atoms with van der Waals surface area (Å²) in [6, 6.07) is 4.99. The van der Waals surface area contributed by atoms with Crippen LogP contribution in [-0.4, -0.2) is 39.7 Å². The molecule has 2 heterocycles. The Morgan fingerprint density at radius 2 is 2.15 bits per heavy atom. The summed E-state index contributed by atoms with van der Waals surface area (Å²) in [7, 11) is 0. The van der Waals surface area contributed by atoms with Crippen LogP contribution in [0.4, 0.5) is 0 Å². The SMILES string of the molecule is O=C(CCn1ccccc1=O)N1CC2CCC(O)C2C1. The first-order valence-electron chi connectivity index (χ1n) is 7.26. The molecule has 1 N–H and O–H groups in total. The smallest absolute Gasteiger partial charge is 0.250 e. The number of aliphatic hydroxyl groups excluding tert-OH is 1. The van der Waals surface area contributed by atoms with E-state index in [9.17, 15) is 14.7 Å². The molecule has 3 unspecified atom stereocenters. The standard InChI is InChI=1S/C15H20N2O3/c18-13-5-4-11-9-17(10-12(11)13)15(20)6-8-16-7-2-1-3-14(16)19/h1-3,7,11-13,18H,4-6,8-10H2. The number of aliphatic hydroxyl groups is 1. The van der Waals surface area contributed by atoms with Crippen LogP contribution >= 0.6 is 0 Å². The molecule has 1 amide bonds. The van der Waals surface area contributed by atoms with Gasteiger partial charge in [-0.25, -0.2) is 0 Å². The van der Waals surface area contributed by atoms with Gasteiger partial charge in [0.15, 0.2) is 0 Å². The van der Waals surface area contributed by atoms with Crippen molar-refractivity contribution in [2.24, 2.45) is 11.8 Å². The molecule has 2 aliphatic rings. The van der Waals surface area contributed by atoms with E-state index in [0.29, 0.717) is 25.4 Å². The second kappa shape index (κ2) is 5.40.